The summed E-state index contributed by atoms with van der Waals surface area (Å²) in [4.78, 5) is 39.9. The van der Waals surface area contributed by atoms with Gasteiger partial charge in [-0.15, -0.1) is 0 Å². The fraction of sp³-hybridized carbons (Fsp3) is 0.429. The Balaban J connectivity index is 0.000000328. The number of aryl methyl sites for hydroxylation is 2. The average molecular weight is 525 g/mol. The highest BCUT2D eigenvalue weighted by atomic mass is 19.1. The number of halogens is 1. The number of hydrogen-bond acceptors (Lipinski definition) is 7. The molecule has 0 fully saturated rings. The molecule has 1 amide bonds. The number of amides is 1. The van der Waals surface area contributed by atoms with Crippen molar-refractivity contribution in [2.45, 2.75) is 72.3 Å². The van der Waals surface area contributed by atoms with Crippen LogP contribution in [0.5, 0.6) is 0 Å². The van der Waals surface area contributed by atoms with E-state index in [-0.39, 0.29) is 35.5 Å². The van der Waals surface area contributed by atoms with Gasteiger partial charge in [-0.3, -0.25) is 9.59 Å². The molecule has 0 saturated carbocycles. The maximum atomic E-state index is 14.5. The number of likely N-dealkylation sites (N-methyl/N-ethyl adjacent to an activating group) is 1. The second-order valence-electron chi connectivity index (χ2n) is 9.40. The number of hydrogen-bond donors (Lipinski definition) is 3. The number of nitrogens with one attached hydrogen (secondary N) is 1. The summed E-state index contributed by atoms with van der Waals surface area (Å²) in [5.74, 6) is -1.16. The zero-order valence-electron chi connectivity index (χ0n) is 22.3. The van der Waals surface area contributed by atoms with E-state index in [1.165, 1.54) is 6.07 Å². The molecule has 0 radical (unpaired) electrons. The highest BCUT2D eigenvalue weighted by Crippen LogP contribution is 2.41. The third kappa shape index (κ3) is 4.37. The van der Waals surface area contributed by atoms with Gasteiger partial charge in [-0.2, -0.15) is 0 Å². The number of carbonyl (C=O) groups excluding carboxylic acids is 2. The molecule has 2 atom stereocenters. The number of rotatable bonds is 1. The molecule has 4 N–H and O–H groups in total. The molecule has 1 aromatic carbocycles. The summed E-state index contributed by atoms with van der Waals surface area (Å²) in [5, 5.41) is 13.6. The molecule has 38 heavy (non-hydrogen) atoms. The fourth-order valence-corrected chi connectivity index (χ4v) is 5.29. The van der Waals surface area contributed by atoms with Crippen molar-refractivity contribution in [1.29, 1.82) is 0 Å². The maximum absolute atomic E-state index is 14.5. The summed E-state index contributed by atoms with van der Waals surface area (Å²) in [6, 6.07) is 2.74. The molecule has 2 aromatic heterocycles. The number of cyclic esters (lactones) is 1. The van der Waals surface area contributed by atoms with E-state index in [1.807, 2.05) is 13.8 Å². The van der Waals surface area contributed by atoms with Gasteiger partial charge < -0.3 is 25.5 Å². The minimum Gasteiger partial charge on any atom is -0.458 e. The van der Waals surface area contributed by atoms with Gasteiger partial charge in [-0.1, -0.05) is 13.8 Å². The molecule has 9 nitrogen and oxygen atoms in total. The summed E-state index contributed by atoms with van der Waals surface area (Å²) in [7, 11) is 1.56. The van der Waals surface area contributed by atoms with Crippen molar-refractivity contribution in [1.82, 2.24) is 14.9 Å². The number of ether oxygens (including phenoxy) is 1. The Hall–Kier alpha value is -3.63. The van der Waals surface area contributed by atoms with Gasteiger partial charge in [0.15, 0.2) is 6.10 Å². The third-order valence-electron chi connectivity index (χ3n) is 7.20. The van der Waals surface area contributed by atoms with Crippen molar-refractivity contribution in [3.8, 4) is 11.4 Å². The average Bonchev–Trinajstić information content (AvgIpc) is 3.29. The van der Waals surface area contributed by atoms with Crippen molar-refractivity contribution in [2.75, 3.05) is 7.05 Å². The Labute approximate surface area is 219 Å². The lowest BCUT2D eigenvalue weighted by molar-refractivity contribution is -0.157. The lowest BCUT2D eigenvalue weighted by atomic mass is 9.85. The van der Waals surface area contributed by atoms with Crippen LogP contribution in [0.25, 0.3) is 22.3 Å². The van der Waals surface area contributed by atoms with E-state index in [9.17, 15) is 23.9 Å². The number of nitrogens with two attached hydrogens (primary N) is 1. The molecule has 10 heteroatoms. The first-order valence-electron chi connectivity index (χ1n) is 12.9. The Bertz CT molecular complexity index is 1510. The molecular weight excluding hydrogens is 491 g/mol. The Kier molecular flexibility index (Phi) is 7.66. The highest BCUT2D eigenvalue weighted by Gasteiger charge is 2.35. The zero-order chi connectivity index (χ0) is 27.9. The number of carbonyl (C=O) groups is 2. The Morgan fingerprint density at radius 1 is 1.21 bits per heavy atom. The van der Waals surface area contributed by atoms with Gasteiger partial charge in [0.2, 0.25) is 5.91 Å². The molecular formula is C28H33FN4O5. The van der Waals surface area contributed by atoms with Crippen molar-refractivity contribution in [2.24, 2.45) is 5.73 Å². The zero-order valence-corrected chi connectivity index (χ0v) is 22.3. The first kappa shape index (κ1) is 27.4. The van der Waals surface area contributed by atoms with Gasteiger partial charge in [0.25, 0.3) is 5.56 Å². The molecule has 0 bridgehead atoms. The second kappa shape index (κ2) is 10.6. The van der Waals surface area contributed by atoms with Gasteiger partial charge in [0.05, 0.1) is 35.1 Å². The predicted molar refractivity (Wildman–Crippen MR) is 141 cm³/mol. The van der Waals surface area contributed by atoms with E-state index < -0.39 is 12.1 Å². The van der Waals surface area contributed by atoms with Gasteiger partial charge in [-0.25, -0.2) is 14.2 Å². The van der Waals surface area contributed by atoms with Crippen molar-refractivity contribution in [3.05, 3.63) is 61.7 Å². The van der Waals surface area contributed by atoms with Crippen LogP contribution in [0, 0.1) is 12.7 Å². The molecule has 0 saturated heterocycles. The van der Waals surface area contributed by atoms with Gasteiger partial charge >= 0.3 is 5.97 Å². The standard InChI is InChI=1S/C22H17FN2O4.C4H10N2O.C2H6/c1-9-10-3-2-4-11-13-7-25-17(19(13)24-16(18(10)11)6-15(9)23)5-12-14(21(25)27)8-29-22(28)20(12)26;1-3(5)4(7)6-2;1-2/h5-6,20,26H,2-4,7-8H2,1H3;3H,5H2,1-2H3,(H,6,7);1-2H3. The molecule has 2 aliphatic heterocycles. The van der Waals surface area contributed by atoms with Crippen molar-refractivity contribution < 1.29 is 23.8 Å². The lowest BCUT2D eigenvalue weighted by Crippen LogP contribution is -2.35. The normalized spacial score (nSPS) is 17.1. The highest BCUT2D eigenvalue weighted by molar-refractivity contribution is 5.92. The molecule has 202 valence electrons. The number of nitrogens with zero attached hydrogens (tertiary/aromatic N) is 2. The van der Waals surface area contributed by atoms with E-state index in [2.05, 4.69) is 5.32 Å². The molecule has 3 aliphatic rings. The van der Waals surface area contributed by atoms with Crippen LogP contribution >= 0.6 is 0 Å². The molecule has 4 heterocycles. The van der Waals surface area contributed by atoms with Crippen molar-refractivity contribution in [3.63, 3.8) is 0 Å². The van der Waals surface area contributed by atoms with Crippen LogP contribution in [0.2, 0.25) is 0 Å². The summed E-state index contributed by atoms with van der Waals surface area (Å²) in [5.41, 5.74) is 11.0. The number of pyridine rings is 2. The van der Waals surface area contributed by atoms with Gasteiger partial charge in [0, 0.05) is 29.6 Å². The van der Waals surface area contributed by atoms with Crippen LogP contribution in [0.15, 0.2) is 16.9 Å². The van der Waals surface area contributed by atoms with Crippen LogP contribution < -0.4 is 16.6 Å². The minimum atomic E-state index is -1.48. The molecule has 2 unspecified atom stereocenters. The van der Waals surface area contributed by atoms with E-state index in [1.54, 1.807) is 31.5 Å². The lowest BCUT2D eigenvalue weighted by Gasteiger charge is -2.22. The van der Waals surface area contributed by atoms with Crippen molar-refractivity contribution >= 4 is 22.8 Å². The number of esters is 1. The monoisotopic (exact) mass is 524 g/mol. The predicted octanol–water partition coefficient (Wildman–Crippen LogP) is 2.56. The number of fused-ring (bicyclic) bond motifs is 5. The quantitative estimate of drug-likeness (QED) is 0.326. The van der Waals surface area contributed by atoms with E-state index >= 15 is 0 Å². The fourth-order valence-electron chi connectivity index (χ4n) is 5.29. The topological polar surface area (TPSA) is 137 Å². The maximum Gasteiger partial charge on any atom is 0.340 e. The first-order valence-corrected chi connectivity index (χ1v) is 12.9. The second-order valence-corrected chi connectivity index (χ2v) is 9.40. The molecule has 0 spiro atoms. The number of aliphatic hydroxyl groups is 1. The first-order chi connectivity index (χ1) is 18.1. The summed E-state index contributed by atoms with van der Waals surface area (Å²) >= 11 is 0. The molecule has 6 rings (SSSR count). The largest absolute Gasteiger partial charge is 0.458 e. The van der Waals surface area contributed by atoms with Crippen LogP contribution in [0.1, 0.15) is 66.7 Å². The molecule has 3 aromatic rings. The van der Waals surface area contributed by atoms with Crippen LogP contribution in [0.4, 0.5) is 4.39 Å². The summed E-state index contributed by atoms with van der Waals surface area (Å²) < 4.78 is 21.1. The van der Waals surface area contributed by atoms with Crippen LogP contribution in [-0.4, -0.2) is 39.6 Å². The SMILES string of the molecule is CC.CNC(=O)C(C)N.Cc1c(F)cc2nc3c(c4c2c1CCC4)Cn1c-3cc2c(c1=O)COC(=O)C2O. The van der Waals surface area contributed by atoms with Gasteiger partial charge in [0.1, 0.15) is 12.4 Å². The summed E-state index contributed by atoms with van der Waals surface area (Å²) in [6.45, 7) is 7.68. The Morgan fingerprint density at radius 2 is 1.89 bits per heavy atom. The minimum absolute atomic E-state index is 0.125. The van der Waals surface area contributed by atoms with E-state index in [4.69, 9.17) is 15.5 Å². The number of benzene rings is 1. The third-order valence-corrected chi connectivity index (χ3v) is 7.20. The van der Waals surface area contributed by atoms with Crippen LogP contribution in [-0.2, 0) is 40.3 Å². The van der Waals surface area contributed by atoms with E-state index in [0.717, 1.165) is 41.3 Å². The summed E-state index contributed by atoms with van der Waals surface area (Å²) in [6.07, 6.45) is 1.12. The smallest absolute Gasteiger partial charge is 0.340 e. The number of aliphatic hydroxyl groups excluding tert-OH is 1. The number of aromatic nitrogens is 2. The van der Waals surface area contributed by atoms with E-state index in [0.29, 0.717) is 34.6 Å². The van der Waals surface area contributed by atoms with Gasteiger partial charge in [-0.05, 0) is 55.9 Å². The Morgan fingerprint density at radius 3 is 2.53 bits per heavy atom. The molecule has 1 aliphatic carbocycles. The van der Waals surface area contributed by atoms with Crippen LogP contribution in [0.3, 0.4) is 0 Å².